The summed E-state index contributed by atoms with van der Waals surface area (Å²) >= 11 is 2.59. The molecule has 1 nitrogen and oxygen atoms in total. The van der Waals surface area contributed by atoms with Gasteiger partial charge in [0.2, 0.25) is 0 Å². The minimum atomic E-state index is 0.325. The molecule has 4 heteroatoms. The van der Waals surface area contributed by atoms with Crippen LogP contribution in [0.15, 0.2) is 0 Å². The molecule has 0 radical (unpaired) electrons. The lowest BCUT2D eigenvalue weighted by atomic mass is 10.5. The summed E-state index contributed by atoms with van der Waals surface area (Å²) < 4.78 is 2.18. The van der Waals surface area contributed by atoms with Crippen LogP contribution >= 0.6 is 37.0 Å². The van der Waals surface area contributed by atoms with Gasteiger partial charge >= 0.3 is 0 Å². The Labute approximate surface area is 80.8 Å². The normalized spacial score (nSPS) is 14.1. The van der Waals surface area contributed by atoms with Gasteiger partial charge in [0.1, 0.15) is 0 Å². The molecule has 0 spiro atoms. The van der Waals surface area contributed by atoms with Crippen LogP contribution in [0, 0.1) is 0 Å². The molecule has 0 rings (SSSR count). The van der Waals surface area contributed by atoms with Crippen molar-refractivity contribution in [3.05, 3.63) is 0 Å². The Kier molecular flexibility index (Phi) is 8.33. The molecule has 0 aromatic heterocycles. The van der Waals surface area contributed by atoms with Gasteiger partial charge in [0, 0.05) is 6.54 Å². The molecular formula is C6H16INP2. The van der Waals surface area contributed by atoms with Crippen LogP contribution in [-0.2, 0) is 0 Å². The molecule has 62 valence electrons. The lowest BCUT2D eigenvalue weighted by molar-refractivity contribution is 0.561. The highest BCUT2D eigenvalue weighted by Gasteiger charge is 1.98. The zero-order valence-electron chi connectivity index (χ0n) is 6.68. The van der Waals surface area contributed by atoms with Crippen molar-refractivity contribution in [1.82, 2.24) is 4.67 Å². The highest BCUT2D eigenvalue weighted by Crippen LogP contribution is 2.44. The van der Waals surface area contributed by atoms with E-state index in [1.165, 1.54) is 25.3 Å². The molecule has 10 heavy (non-hydrogen) atoms. The molecule has 0 aromatic rings. The van der Waals surface area contributed by atoms with Crippen LogP contribution in [-0.4, -0.2) is 30.6 Å². The van der Waals surface area contributed by atoms with Gasteiger partial charge in [0.15, 0.2) is 0 Å². The molecule has 0 N–H and O–H groups in total. The Balaban J connectivity index is 3.03. The van der Waals surface area contributed by atoms with Crippen molar-refractivity contribution in [1.29, 1.82) is 0 Å². The number of halogens is 1. The molecule has 0 aromatic carbocycles. The summed E-state index contributed by atoms with van der Waals surface area (Å²) in [5, 5.41) is 0. The lowest BCUT2D eigenvalue weighted by Gasteiger charge is -2.10. The molecule has 0 aliphatic heterocycles. The maximum Gasteiger partial charge on any atom is 0.00167 e. The second-order valence-corrected chi connectivity index (χ2v) is 9.32. The second-order valence-electron chi connectivity index (χ2n) is 2.34. The maximum atomic E-state index is 2.69. The fourth-order valence-electron chi connectivity index (χ4n) is 0.650. The van der Waals surface area contributed by atoms with E-state index in [1.807, 2.05) is 0 Å². The summed E-state index contributed by atoms with van der Waals surface area (Å²) in [6.45, 7) is 3.50. The third kappa shape index (κ3) is 7.65. The molecule has 0 saturated heterocycles. The van der Waals surface area contributed by atoms with Crippen molar-refractivity contribution in [2.45, 2.75) is 13.3 Å². The summed E-state index contributed by atoms with van der Waals surface area (Å²) in [5.74, 6) is 0. The van der Waals surface area contributed by atoms with E-state index in [1.54, 1.807) is 0 Å². The van der Waals surface area contributed by atoms with E-state index in [0.29, 0.717) is 5.56 Å². The Bertz CT molecular complexity index is 80.1. The number of hydrogen-bond donors (Lipinski definition) is 0. The topological polar surface area (TPSA) is 3.24 Å². The van der Waals surface area contributed by atoms with E-state index in [2.05, 4.69) is 50.1 Å². The van der Waals surface area contributed by atoms with E-state index in [9.17, 15) is 0 Å². The minimum absolute atomic E-state index is 0.325. The van der Waals surface area contributed by atoms with E-state index < -0.39 is 0 Å². The molecule has 0 aliphatic rings. The molecule has 0 heterocycles. The fourth-order valence-corrected chi connectivity index (χ4v) is 2.66. The van der Waals surface area contributed by atoms with Crippen LogP contribution in [0.4, 0.5) is 0 Å². The van der Waals surface area contributed by atoms with Crippen molar-refractivity contribution < 1.29 is 0 Å². The van der Waals surface area contributed by atoms with Gasteiger partial charge in [-0.15, -0.1) is 0 Å². The third-order valence-corrected chi connectivity index (χ3v) is 6.49. The SMILES string of the molecule is CCP(I)CCCN(C)P. The van der Waals surface area contributed by atoms with Gasteiger partial charge in [-0.1, -0.05) is 38.4 Å². The average Bonchev–Trinajstić information content (AvgIpc) is 1.87. The quantitative estimate of drug-likeness (QED) is 0.556. The summed E-state index contributed by atoms with van der Waals surface area (Å²) in [7, 11) is 4.80. The van der Waals surface area contributed by atoms with Crippen LogP contribution in [0.3, 0.4) is 0 Å². The molecule has 2 unspecified atom stereocenters. The van der Waals surface area contributed by atoms with Crippen LogP contribution < -0.4 is 0 Å². The van der Waals surface area contributed by atoms with E-state index in [-0.39, 0.29) is 0 Å². The van der Waals surface area contributed by atoms with Gasteiger partial charge in [-0.3, -0.25) is 4.67 Å². The minimum Gasteiger partial charge on any atom is -0.290 e. The molecule has 0 bridgehead atoms. The zero-order valence-corrected chi connectivity index (χ0v) is 10.9. The van der Waals surface area contributed by atoms with Crippen molar-refractivity contribution in [3.63, 3.8) is 0 Å². The summed E-state index contributed by atoms with van der Waals surface area (Å²) in [5.41, 5.74) is 0.325. The molecule has 0 amide bonds. The van der Waals surface area contributed by atoms with Gasteiger partial charge in [-0.25, -0.2) is 0 Å². The second kappa shape index (κ2) is 7.21. The van der Waals surface area contributed by atoms with Gasteiger partial charge in [-0.05, 0) is 31.4 Å². The van der Waals surface area contributed by atoms with E-state index in [4.69, 9.17) is 0 Å². The molecular weight excluding hydrogens is 275 g/mol. The van der Waals surface area contributed by atoms with Gasteiger partial charge in [0.05, 0.1) is 0 Å². The Morgan fingerprint density at radius 2 is 2.20 bits per heavy atom. The van der Waals surface area contributed by atoms with Crippen LogP contribution in [0.5, 0.6) is 0 Å². The van der Waals surface area contributed by atoms with Gasteiger partial charge in [0.25, 0.3) is 0 Å². The Hall–Kier alpha value is 1.55. The Morgan fingerprint density at radius 3 is 2.60 bits per heavy atom. The highest BCUT2D eigenvalue weighted by molar-refractivity contribution is 14.2. The highest BCUT2D eigenvalue weighted by atomic mass is 127. The molecule has 0 fully saturated rings. The standard InChI is InChI=1S/C6H16INP2/c1-3-10(7)6-4-5-8(2)9/h3-6,9H2,1-2H3. The van der Waals surface area contributed by atoms with Crippen LogP contribution in [0.1, 0.15) is 13.3 Å². The predicted octanol–water partition coefficient (Wildman–Crippen LogP) is 2.95. The molecule has 0 aliphatic carbocycles. The van der Waals surface area contributed by atoms with Gasteiger partial charge in [-0.2, -0.15) is 0 Å². The fraction of sp³-hybridized carbons (Fsp3) is 1.00. The average molecular weight is 291 g/mol. The summed E-state index contributed by atoms with van der Waals surface area (Å²) in [6.07, 6.45) is 4.14. The predicted molar refractivity (Wildman–Crippen MR) is 63.3 cm³/mol. The first-order valence-corrected chi connectivity index (χ1v) is 8.54. The van der Waals surface area contributed by atoms with Crippen molar-refractivity contribution >= 4 is 37.0 Å². The van der Waals surface area contributed by atoms with Crippen molar-refractivity contribution in [2.75, 3.05) is 25.9 Å². The molecule has 2 atom stereocenters. The molecule has 0 saturated carbocycles. The van der Waals surface area contributed by atoms with E-state index in [0.717, 1.165) is 0 Å². The van der Waals surface area contributed by atoms with Gasteiger partial charge < -0.3 is 0 Å². The smallest absolute Gasteiger partial charge is 0.00167 e. The summed E-state index contributed by atoms with van der Waals surface area (Å²) in [6, 6.07) is 0. The Morgan fingerprint density at radius 1 is 1.60 bits per heavy atom. The summed E-state index contributed by atoms with van der Waals surface area (Å²) in [4.78, 5) is 0. The number of nitrogens with zero attached hydrogens (tertiary/aromatic N) is 1. The van der Waals surface area contributed by atoms with Crippen LogP contribution in [0.2, 0.25) is 0 Å². The van der Waals surface area contributed by atoms with Crippen molar-refractivity contribution in [2.24, 2.45) is 0 Å². The number of hydrogen-bond acceptors (Lipinski definition) is 1. The first kappa shape index (κ1) is 11.6. The first-order chi connectivity index (χ1) is 4.66. The van der Waals surface area contributed by atoms with E-state index >= 15 is 0 Å². The maximum absolute atomic E-state index is 2.69. The third-order valence-electron chi connectivity index (χ3n) is 1.25. The van der Waals surface area contributed by atoms with Crippen molar-refractivity contribution in [3.8, 4) is 0 Å². The monoisotopic (exact) mass is 291 g/mol. The number of rotatable bonds is 5. The first-order valence-electron chi connectivity index (χ1n) is 3.53. The lowest BCUT2D eigenvalue weighted by Crippen LogP contribution is -2.06. The van der Waals surface area contributed by atoms with Crippen LogP contribution in [0.25, 0.3) is 0 Å². The largest absolute Gasteiger partial charge is 0.290 e. The zero-order chi connectivity index (χ0) is 7.98.